The molecule has 3 aliphatic rings. The van der Waals surface area contributed by atoms with Gasteiger partial charge in [-0.15, -0.1) is 10.2 Å². The predicted molar refractivity (Wildman–Crippen MR) is 86.6 cm³/mol. The number of nitrogens with zero attached hydrogens (tertiary/aromatic N) is 5. The van der Waals surface area contributed by atoms with Gasteiger partial charge in [-0.05, 0) is 44.4 Å². The minimum Gasteiger partial charge on any atom is -0.345 e. The fourth-order valence-corrected chi connectivity index (χ4v) is 5.01. The Labute approximate surface area is 139 Å². The van der Waals surface area contributed by atoms with E-state index in [9.17, 15) is 0 Å². The van der Waals surface area contributed by atoms with Gasteiger partial charge in [0.25, 0.3) is 0 Å². The van der Waals surface area contributed by atoms with Crippen molar-refractivity contribution in [2.75, 3.05) is 18.0 Å². The van der Waals surface area contributed by atoms with Crippen molar-refractivity contribution in [3.05, 3.63) is 16.7 Å². The topological polar surface area (TPSA) is 67.9 Å². The number of fused-ring (bicyclic) bond motifs is 1. The van der Waals surface area contributed by atoms with Crippen LogP contribution in [0.2, 0.25) is 0 Å². The van der Waals surface area contributed by atoms with Crippen LogP contribution in [-0.4, -0.2) is 33.4 Å². The molecule has 0 amide bonds. The summed E-state index contributed by atoms with van der Waals surface area (Å²) in [4.78, 5) is 7.18. The number of aromatic nitrogens is 4. The Morgan fingerprint density at radius 1 is 1.30 bits per heavy atom. The summed E-state index contributed by atoms with van der Waals surface area (Å²) in [7, 11) is 0. The summed E-state index contributed by atoms with van der Waals surface area (Å²) in [6, 6.07) is 0. The van der Waals surface area contributed by atoms with Gasteiger partial charge in [-0.2, -0.15) is 4.98 Å². The van der Waals surface area contributed by atoms with E-state index < -0.39 is 0 Å². The van der Waals surface area contributed by atoms with Crippen molar-refractivity contribution in [3.63, 3.8) is 0 Å². The SMILES string of the molecule is Cc1nnc(N2C[C@H]3CCC[C@@]3(c3nc(CC4CC4)no3)C2)s1. The van der Waals surface area contributed by atoms with E-state index in [1.165, 1.54) is 25.7 Å². The zero-order valence-electron chi connectivity index (χ0n) is 13.4. The van der Waals surface area contributed by atoms with Gasteiger partial charge in [-0.3, -0.25) is 0 Å². The molecule has 0 radical (unpaired) electrons. The van der Waals surface area contributed by atoms with Crippen molar-refractivity contribution in [2.24, 2.45) is 11.8 Å². The molecule has 2 aliphatic carbocycles. The fourth-order valence-electron chi connectivity index (χ4n) is 4.32. The zero-order chi connectivity index (χ0) is 15.4. The third kappa shape index (κ3) is 2.28. The van der Waals surface area contributed by atoms with Gasteiger partial charge in [0.2, 0.25) is 11.0 Å². The van der Waals surface area contributed by atoms with E-state index in [0.29, 0.717) is 5.92 Å². The van der Waals surface area contributed by atoms with Crippen molar-refractivity contribution in [2.45, 2.75) is 50.9 Å². The average molecular weight is 331 g/mol. The standard InChI is InChI=1S/C16H21N5OS/c1-10-18-19-15(23-10)21-8-12-3-2-6-16(12,9-21)14-17-13(20-22-14)7-11-4-5-11/h11-12H,2-9H2,1H3/t12-,16-/m1/s1. The molecule has 23 heavy (non-hydrogen) atoms. The highest BCUT2D eigenvalue weighted by Crippen LogP contribution is 2.51. The molecule has 0 unspecified atom stereocenters. The Bertz CT molecular complexity index is 724. The molecule has 0 N–H and O–H groups in total. The van der Waals surface area contributed by atoms with E-state index in [0.717, 1.165) is 53.7 Å². The Morgan fingerprint density at radius 2 is 2.22 bits per heavy atom. The normalized spacial score (nSPS) is 30.1. The summed E-state index contributed by atoms with van der Waals surface area (Å²) in [6.07, 6.45) is 7.28. The molecule has 2 saturated carbocycles. The molecule has 1 aliphatic heterocycles. The monoisotopic (exact) mass is 331 g/mol. The summed E-state index contributed by atoms with van der Waals surface area (Å²) < 4.78 is 5.75. The largest absolute Gasteiger partial charge is 0.345 e. The molecule has 0 bridgehead atoms. The second-order valence-electron chi connectivity index (χ2n) is 7.39. The third-order valence-electron chi connectivity index (χ3n) is 5.72. The summed E-state index contributed by atoms with van der Waals surface area (Å²) >= 11 is 1.68. The maximum Gasteiger partial charge on any atom is 0.235 e. The Kier molecular flexibility index (Phi) is 3.02. The van der Waals surface area contributed by atoms with Crippen LogP contribution in [0.3, 0.4) is 0 Å². The molecular formula is C16H21N5OS. The number of rotatable bonds is 4. The lowest BCUT2D eigenvalue weighted by Gasteiger charge is -2.23. The number of hydrogen-bond donors (Lipinski definition) is 0. The smallest absolute Gasteiger partial charge is 0.235 e. The van der Waals surface area contributed by atoms with E-state index >= 15 is 0 Å². The first-order valence-corrected chi connectivity index (χ1v) is 9.43. The number of hydrogen-bond acceptors (Lipinski definition) is 7. The lowest BCUT2D eigenvalue weighted by Crippen LogP contribution is -2.32. The summed E-state index contributed by atoms with van der Waals surface area (Å²) in [5.41, 5.74) is 0.0361. The molecule has 2 atom stereocenters. The maximum absolute atomic E-state index is 5.75. The van der Waals surface area contributed by atoms with Crippen LogP contribution in [-0.2, 0) is 11.8 Å². The molecule has 1 saturated heterocycles. The van der Waals surface area contributed by atoms with Gasteiger partial charge in [0.05, 0.1) is 5.41 Å². The van der Waals surface area contributed by atoms with Gasteiger partial charge >= 0.3 is 0 Å². The van der Waals surface area contributed by atoms with Gasteiger partial charge in [0.15, 0.2) is 5.82 Å². The van der Waals surface area contributed by atoms with Crippen LogP contribution in [0.5, 0.6) is 0 Å². The van der Waals surface area contributed by atoms with Crippen molar-refractivity contribution < 1.29 is 4.52 Å². The van der Waals surface area contributed by atoms with Crippen LogP contribution in [0, 0.1) is 18.8 Å². The molecular weight excluding hydrogens is 310 g/mol. The lowest BCUT2D eigenvalue weighted by molar-refractivity contribution is 0.265. The van der Waals surface area contributed by atoms with Crippen LogP contribution in [0.4, 0.5) is 5.13 Å². The van der Waals surface area contributed by atoms with E-state index in [1.54, 1.807) is 11.3 Å². The van der Waals surface area contributed by atoms with Crippen molar-refractivity contribution >= 4 is 16.5 Å². The minimum absolute atomic E-state index is 0.0361. The highest BCUT2D eigenvalue weighted by atomic mass is 32.1. The first-order valence-electron chi connectivity index (χ1n) is 8.61. The second-order valence-corrected chi connectivity index (χ2v) is 8.55. The molecule has 0 aromatic carbocycles. The van der Waals surface area contributed by atoms with Crippen LogP contribution >= 0.6 is 11.3 Å². The van der Waals surface area contributed by atoms with Crippen molar-refractivity contribution in [3.8, 4) is 0 Å². The van der Waals surface area contributed by atoms with Crippen LogP contribution in [0.1, 0.15) is 48.8 Å². The fraction of sp³-hybridized carbons (Fsp3) is 0.750. The molecule has 3 fully saturated rings. The Morgan fingerprint density at radius 3 is 3.00 bits per heavy atom. The van der Waals surface area contributed by atoms with Crippen molar-refractivity contribution in [1.82, 2.24) is 20.3 Å². The van der Waals surface area contributed by atoms with E-state index in [2.05, 4.69) is 20.3 Å². The summed E-state index contributed by atoms with van der Waals surface area (Å²) in [6.45, 7) is 3.99. The molecule has 2 aromatic rings. The van der Waals surface area contributed by atoms with Gasteiger partial charge in [0, 0.05) is 19.5 Å². The molecule has 0 spiro atoms. The Hall–Kier alpha value is -1.50. The van der Waals surface area contributed by atoms with Crippen LogP contribution < -0.4 is 4.90 Å². The number of aryl methyl sites for hydroxylation is 1. The summed E-state index contributed by atoms with van der Waals surface area (Å²) in [5.74, 6) is 3.18. The Balaban J connectivity index is 1.43. The molecule has 2 aromatic heterocycles. The van der Waals surface area contributed by atoms with Crippen molar-refractivity contribution in [1.29, 1.82) is 0 Å². The predicted octanol–water partition coefficient (Wildman–Crippen LogP) is 2.74. The molecule has 6 nitrogen and oxygen atoms in total. The first-order chi connectivity index (χ1) is 11.2. The van der Waals surface area contributed by atoms with E-state index in [-0.39, 0.29) is 5.41 Å². The molecule has 3 heterocycles. The van der Waals surface area contributed by atoms with Gasteiger partial charge in [-0.25, -0.2) is 0 Å². The number of anilines is 1. The zero-order valence-corrected chi connectivity index (χ0v) is 14.2. The second kappa shape index (κ2) is 5.00. The maximum atomic E-state index is 5.75. The first kappa shape index (κ1) is 13.9. The van der Waals surface area contributed by atoms with Gasteiger partial charge < -0.3 is 9.42 Å². The average Bonchev–Trinajstić information content (AvgIpc) is 2.92. The van der Waals surface area contributed by atoms with Crippen LogP contribution in [0.25, 0.3) is 0 Å². The van der Waals surface area contributed by atoms with E-state index in [1.807, 2.05) is 6.92 Å². The molecule has 122 valence electrons. The lowest BCUT2D eigenvalue weighted by atomic mass is 9.80. The highest BCUT2D eigenvalue weighted by Gasteiger charge is 2.54. The quantitative estimate of drug-likeness (QED) is 0.858. The molecule has 5 rings (SSSR count). The molecule has 7 heteroatoms. The van der Waals surface area contributed by atoms with E-state index in [4.69, 9.17) is 9.51 Å². The van der Waals surface area contributed by atoms with Gasteiger partial charge in [0.1, 0.15) is 5.01 Å². The van der Waals surface area contributed by atoms with Gasteiger partial charge in [-0.1, -0.05) is 22.9 Å². The summed E-state index contributed by atoms with van der Waals surface area (Å²) in [5, 5.41) is 14.8. The highest BCUT2D eigenvalue weighted by molar-refractivity contribution is 7.15. The third-order valence-corrected chi connectivity index (χ3v) is 6.62. The minimum atomic E-state index is 0.0361. The van der Waals surface area contributed by atoms with Crippen LogP contribution in [0.15, 0.2) is 4.52 Å².